The maximum atomic E-state index is 13.6. The van der Waals surface area contributed by atoms with Gasteiger partial charge in [-0.1, -0.05) is 6.92 Å². The molecule has 16 heavy (non-hydrogen) atoms. The number of allylic oxidation sites excluding steroid dienone is 2. The lowest BCUT2D eigenvalue weighted by Gasteiger charge is -2.18. The molecule has 1 unspecified atom stereocenters. The fourth-order valence-electron chi connectivity index (χ4n) is 1.10. The van der Waals surface area contributed by atoms with Crippen LogP contribution < -0.4 is 0 Å². The third-order valence-corrected chi connectivity index (χ3v) is 3.72. The average Bonchev–Trinajstić information content (AvgIpc) is 2.18. The van der Waals surface area contributed by atoms with Gasteiger partial charge in [0.05, 0.1) is 19.0 Å². The Morgan fingerprint density at radius 3 is 2.19 bits per heavy atom. The van der Waals surface area contributed by atoms with Crippen molar-refractivity contribution in [2.75, 3.05) is 13.2 Å². The Morgan fingerprint density at radius 1 is 1.31 bits per heavy atom. The van der Waals surface area contributed by atoms with Crippen LogP contribution >= 0.6 is 7.60 Å². The fourth-order valence-corrected chi connectivity index (χ4v) is 2.53. The van der Waals surface area contributed by atoms with Gasteiger partial charge in [-0.3, -0.25) is 4.57 Å². The second-order valence-electron chi connectivity index (χ2n) is 3.11. The SMILES string of the molecule is CCC/C(F)=C/C(F)P(=O)(OCC)OCC. The third-order valence-electron chi connectivity index (χ3n) is 1.73. The van der Waals surface area contributed by atoms with Crippen molar-refractivity contribution in [3.63, 3.8) is 0 Å². The Morgan fingerprint density at radius 2 is 1.81 bits per heavy atom. The summed E-state index contributed by atoms with van der Waals surface area (Å²) in [5, 5.41) is 0. The van der Waals surface area contributed by atoms with Crippen LogP contribution in [-0.2, 0) is 13.6 Å². The largest absolute Gasteiger partial charge is 0.368 e. The van der Waals surface area contributed by atoms with E-state index in [1.54, 1.807) is 20.8 Å². The molecule has 0 aromatic rings. The van der Waals surface area contributed by atoms with E-state index in [-0.39, 0.29) is 19.6 Å². The lowest BCUT2D eigenvalue weighted by molar-refractivity contribution is 0.198. The normalized spacial score (nSPS) is 15.2. The summed E-state index contributed by atoms with van der Waals surface area (Å²) in [4.78, 5) is 0. The number of rotatable bonds is 8. The topological polar surface area (TPSA) is 35.5 Å². The molecular formula is C10H19F2O3P. The van der Waals surface area contributed by atoms with Crippen molar-refractivity contribution in [3.8, 4) is 0 Å². The molecule has 3 nitrogen and oxygen atoms in total. The van der Waals surface area contributed by atoms with E-state index in [1.807, 2.05) is 0 Å². The van der Waals surface area contributed by atoms with Crippen molar-refractivity contribution in [2.45, 2.75) is 39.5 Å². The first-order valence-corrected chi connectivity index (χ1v) is 7.00. The molecule has 0 saturated carbocycles. The molecule has 0 aliphatic carbocycles. The zero-order chi connectivity index (χ0) is 12.6. The van der Waals surface area contributed by atoms with Crippen molar-refractivity contribution in [3.05, 3.63) is 11.9 Å². The minimum absolute atomic E-state index is 0.0565. The van der Waals surface area contributed by atoms with Crippen LogP contribution in [0.15, 0.2) is 11.9 Å². The van der Waals surface area contributed by atoms with Gasteiger partial charge < -0.3 is 9.05 Å². The highest BCUT2D eigenvalue weighted by molar-refractivity contribution is 7.54. The monoisotopic (exact) mass is 256 g/mol. The number of alkyl halides is 1. The lowest BCUT2D eigenvalue weighted by Crippen LogP contribution is -2.06. The van der Waals surface area contributed by atoms with Crippen LogP contribution in [0.2, 0.25) is 0 Å². The summed E-state index contributed by atoms with van der Waals surface area (Å²) >= 11 is 0. The van der Waals surface area contributed by atoms with Crippen LogP contribution in [0.4, 0.5) is 8.78 Å². The second kappa shape index (κ2) is 7.93. The standard InChI is InChI=1S/C10H19F2O3P/c1-4-7-9(11)8-10(12)16(13,14-5-2)15-6-3/h8,10H,4-7H2,1-3H3/b9-8-. The molecule has 0 bridgehead atoms. The van der Waals surface area contributed by atoms with Crippen LogP contribution in [0.25, 0.3) is 0 Å². The van der Waals surface area contributed by atoms with E-state index < -0.39 is 19.3 Å². The molecule has 96 valence electrons. The summed E-state index contributed by atoms with van der Waals surface area (Å²) in [5.74, 6) is -2.67. The van der Waals surface area contributed by atoms with Crippen molar-refractivity contribution in [1.29, 1.82) is 0 Å². The Balaban J connectivity index is 4.67. The second-order valence-corrected chi connectivity index (χ2v) is 5.20. The van der Waals surface area contributed by atoms with Gasteiger partial charge in [0.1, 0.15) is 0 Å². The predicted octanol–water partition coefficient (Wildman–Crippen LogP) is 4.20. The summed E-state index contributed by atoms with van der Waals surface area (Å²) < 4.78 is 48.0. The van der Waals surface area contributed by atoms with Crippen LogP contribution in [-0.4, -0.2) is 19.1 Å². The molecule has 0 heterocycles. The van der Waals surface area contributed by atoms with Crippen molar-refractivity contribution in [1.82, 2.24) is 0 Å². The van der Waals surface area contributed by atoms with Gasteiger partial charge in [0.2, 0.25) is 5.91 Å². The predicted molar refractivity (Wildman–Crippen MR) is 59.9 cm³/mol. The molecular weight excluding hydrogens is 237 g/mol. The van der Waals surface area contributed by atoms with E-state index in [9.17, 15) is 13.3 Å². The molecule has 0 rings (SSSR count). The van der Waals surface area contributed by atoms with Crippen molar-refractivity contribution in [2.24, 2.45) is 0 Å². The van der Waals surface area contributed by atoms with E-state index in [0.717, 1.165) is 0 Å². The number of hydrogen-bond acceptors (Lipinski definition) is 3. The van der Waals surface area contributed by atoms with E-state index in [2.05, 4.69) is 0 Å². The quantitative estimate of drug-likeness (QED) is 0.610. The highest BCUT2D eigenvalue weighted by atomic mass is 31.2. The average molecular weight is 256 g/mol. The van der Waals surface area contributed by atoms with Crippen molar-refractivity contribution < 1.29 is 22.4 Å². The van der Waals surface area contributed by atoms with E-state index >= 15 is 0 Å². The minimum Gasteiger partial charge on any atom is -0.307 e. The maximum absolute atomic E-state index is 13.6. The molecule has 6 heteroatoms. The Hall–Kier alpha value is -0.250. The van der Waals surface area contributed by atoms with Crippen LogP contribution in [0.5, 0.6) is 0 Å². The smallest absolute Gasteiger partial charge is 0.307 e. The first kappa shape index (κ1) is 15.8. The highest BCUT2D eigenvalue weighted by Crippen LogP contribution is 2.54. The summed E-state index contributed by atoms with van der Waals surface area (Å²) in [6.45, 7) is 5.03. The first-order chi connectivity index (χ1) is 7.50. The van der Waals surface area contributed by atoms with Crippen LogP contribution in [0, 0.1) is 0 Å². The molecule has 0 saturated heterocycles. The van der Waals surface area contributed by atoms with Gasteiger partial charge in [-0.15, -0.1) is 0 Å². The molecule has 0 amide bonds. The van der Waals surface area contributed by atoms with Crippen molar-refractivity contribution >= 4 is 7.60 Å². The molecule has 1 atom stereocenters. The molecule has 0 aromatic heterocycles. The lowest BCUT2D eigenvalue weighted by atomic mass is 10.3. The van der Waals surface area contributed by atoms with Gasteiger partial charge in [0.15, 0.2) is 0 Å². The molecule has 0 aliphatic rings. The van der Waals surface area contributed by atoms with Gasteiger partial charge in [-0.25, -0.2) is 8.78 Å². The van der Waals surface area contributed by atoms with Gasteiger partial charge in [0, 0.05) is 0 Å². The van der Waals surface area contributed by atoms with Gasteiger partial charge >= 0.3 is 7.60 Å². The molecule has 0 radical (unpaired) electrons. The summed E-state index contributed by atoms with van der Waals surface area (Å²) in [7, 11) is -3.87. The zero-order valence-electron chi connectivity index (χ0n) is 9.91. The molecule has 0 spiro atoms. The Kier molecular flexibility index (Phi) is 7.81. The maximum Gasteiger partial charge on any atom is 0.368 e. The summed E-state index contributed by atoms with van der Waals surface area (Å²) in [6, 6.07) is 0. The van der Waals surface area contributed by atoms with E-state index in [1.165, 1.54) is 0 Å². The summed E-state index contributed by atoms with van der Waals surface area (Å²) in [5.41, 5.74) is 0. The zero-order valence-corrected chi connectivity index (χ0v) is 10.8. The van der Waals surface area contributed by atoms with E-state index in [4.69, 9.17) is 9.05 Å². The van der Waals surface area contributed by atoms with Crippen LogP contribution in [0.3, 0.4) is 0 Å². The van der Waals surface area contributed by atoms with E-state index in [0.29, 0.717) is 12.5 Å². The first-order valence-electron chi connectivity index (χ1n) is 5.39. The Labute approximate surface area is 95.4 Å². The van der Waals surface area contributed by atoms with Crippen LogP contribution in [0.1, 0.15) is 33.6 Å². The third kappa shape index (κ3) is 5.19. The minimum atomic E-state index is -3.87. The van der Waals surface area contributed by atoms with Gasteiger partial charge in [-0.05, 0) is 32.8 Å². The Bertz CT molecular complexity index is 259. The van der Waals surface area contributed by atoms with Gasteiger partial charge in [-0.2, -0.15) is 0 Å². The van der Waals surface area contributed by atoms with Gasteiger partial charge in [0.25, 0.3) is 0 Å². The number of hydrogen-bond donors (Lipinski definition) is 0. The molecule has 0 fully saturated rings. The molecule has 0 aliphatic heterocycles. The highest BCUT2D eigenvalue weighted by Gasteiger charge is 2.34. The molecule has 0 N–H and O–H groups in total. The summed E-state index contributed by atoms with van der Waals surface area (Å²) in [6.07, 6.45) is 1.36. The number of halogens is 2. The fraction of sp³-hybridized carbons (Fsp3) is 0.800. The molecule has 0 aromatic carbocycles.